The molecule has 17 heavy (non-hydrogen) atoms. The SMILES string of the molecule is C[Si](C)(C)C#C[C@H]1CC(=O)c2ccccc2O1. The third-order valence-electron chi connectivity index (χ3n) is 2.44. The Kier molecular flexibility index (Phi) is 3.08. The van der Waals surface area contributed by atoms with Crippen LogP contribution in [0.4, 0.5) is 0 Å². The Balaban J connectivity index is 2.22. The molecule has 0 unspecified atom stereocenters. The van der Waals surface area contributed by atoms with Crippen LogP contribution in [0, 0.1) is 11.5 Å². The van der Waals surface area contributed by atoms with Gasteiger partial charge < -0.3 is 4.74 Å². The molecule has 1 aromatic carbocycles. The molecule has 0 saturated carbocycles. The van der Waals surface area contributed by atoms with Crippen LogP contribution in [0.25, 0.3) is 0 Å². The molecular formula is C14H16O2Si. The van der Waals surface area contributed by atoms with E-state index in [1.807, 2.05) is 18.2 Å². The van der Waals surface area contributed by atoms with Crippen molar-refractivity contribution in [3.8, 4) is 17.2 Å². The van der Waals surface area contributed by atoms with Gasteiger partial charge in [-0.3, -0.25) is 4.79 Å². The average Bonchev–Trinajstić information content (AvgIpc) is 2.26. The highest BCUT2D eigenvalue weighted by Gasteiger charge is 2.24. The first-order valence-corrected chi connectivity index (χ1v) is 9.27. The van der Waals surface area contributed by atoms with Crippen LogP contribution in [0.5, 0.6) is 5.75 Å². The highest BCUT2D eigenvalue weighted by atomic mass is 28.3. The van der Waals surface area contributed by atoms with Crippen molar-refractivity contribution in [2.75, 3.05) is 0 Å². The van der Waals surface area contributed by atoms with Crippen LogP contribution >= 0.6 is 0 Å². The molecule has 1 aliphatic heterocycles. The second-order valence-electron chi connectivity index (χ2n) is 5.25. The van der Waals surface area contributed by atoms with Gasteiger partial charge in [0.2, 0.25) is 0 Å². The summed E-state index contributed by atoms with van der Waals surface area (Å²) in [7, 11) is -1.41. The van der Waals surface area contributed by atoms with Crippen molar-refractivity contribution in [3.63, 3.8) is 0 Å². The van der Waals surface area contributed by atoms with E-state index in [-0.39, 0.29) is 11.9 Å². The van der Waals surface area contributed by atoms with E-state index in [2.05, 4.69) is 31.1 Å². The fourth-order valence-corrected chi connectivity index (χ4v) is 2.24. The Morgan fingerprint density at radius 2 is 2.00 bits per heavy atom. The highest BCUT2D eigenvalue weighted by Crippen LogP contribution is 2.26. The van der Waals surface area contributed by atoms with Gasteiger partial charge in [-0.1, -0.05) is 37.7 Å². The molecule has 1 atom stereocenters. The zero-order valence-electron chi connectivity index (χ0n) is 10.4. The highest BCUT2D eigenvalue weighted by molar-refractivity contribution is 6.83. The van der Waals surface area contributed by atoms with Gasteiger partial charge in [0.05, 0.1) is 12.0 Å². The van der Waals surface area contributed by atoms with Gasteiger partial charge in [-0.15, -0.1) is 5.54 Å². The minimum atomic E-state index is -1.41. The number of hydrogen-bond acceptors (Lipinski definition) is 2. The number of carbonyl (C=O) groups is 1. The lowest BCUT2D eigenvalue weighted by Crippen LogP contribution is -2.27. The minimum Gasteiger partial charge on any atom is -0.477 e. The van der Waals surface area contributed by atoms with Crippen molar-refractivity contribution >= 4 is 13.9 Å². The Morgan fingerprint density at radius 1 is 1.29 bits per heavy atom. The van der Waals surface area contributed by atoms with Crippen LogP contribution in [0.1, 0.15) is 16.8 Å². The fourth-order valence-electron chi connectivity index (χ4n) is 1.65. The Hall–Kier alpha value is -1.53. The maximum Gasteiger partial charge on any atom is 0.171 e. The standard InChI is InChI=1S/C14H16O2Si/c1-17(2,3)9-8-11-10-13(15)12-6-4-5-7-14(12)16-11/h4-7,11H,10H2,1-3H3/t11-/m0/s1. The lowest BCUT2D eigenvalue weighted by atomic mass is 10.0. The van der Waals surface area contributed by atoms with Crippen molar-refractivity contribution in [2.45, 2.75) is 32.2 Å². The summed E-state index contributed by atoms with van der Waals surface area (Å²) in [5, 5.41) is 0. The van der Waals surface area contributed by atoms with Gasteiger partial charge in [0.1, 0.15) is 13.8 Å². The molecule has 0 fully saturated rings. The molecule has 3 heteroatoms. The van der Waals surface area contributed by atoms with Gasteiger partial charge in [0.15, 0.2) is 11.9 Å². The summed E-state index contributed by atoms with van der Waals surface area (Å²) >= 11 is 0. The van der Waals surface area contributed by atoms with Crippen molar-refractivity contribution in [3.05, 3.63) is 29.8 Å². The number of benzene rings is 1. The molecule has 1 heterocycles. The van der Waals surface area contributed by atoms with E-state index in [4.69, 9.17) is 4.74 Å². The number of para-hydroxylation sites is 1. The molecule has 1 aromatic rings. The number of carbonyl (C=O) groups excluding carboxylic acids is 1. The van der Waals surface area contributed by atoms with Gasteiger partial charge in [0.25, 0.3) is 0 Å². The first kappa shape index (κ1) is 11.9. The van der Waals surface area contributed by atoms with Gasteiger partial charge in [0, 0.05) is 0 Å². The quantitative estimate of drug-likeness (QED) is 0.518. The molecule has 0 spiro atoms. The van der Waals surface area contributed by atoms with E-state index in [9.17, 15) is 4.79 Å². The van der Waals surface area contributed by atoms with Gasteiger partial charge in [-0.25, -0.2) is 0 Å². The molecule has 1 aliphatic rings. The zero-order valence-corrected chi connectivity index (χ0v) is 11.4. The van der Waals surface area contributed by atoms with Crippen LogP contribution in [0.3, 0.4) is 0 Å². The Morgan fingerprint density at radius 3 is 2.71 bits per heavy atom. The molecule has 0 radical (unpaired) electrons. The molecule has 0 amide bonds. The van der Waals surface area contributed by atoms with Crippen molar-refractivity contribution in [1.82, 2.24) is 0 Å². The van der Waals surface area contributed by atoms with E-state index in [1.165, 1.54) is 0 Å². The second kappa shape index (κ2) is 4.38. The molecule has 2 rings (SSSR count). The summed E-state index contributed by atoms with van der Waals surface area (Å²) in [6.07, 6.45) is 0.0956. The molecule has 88 valence electrons. The number of Topliss-reactive ketones (excluding diaryl/α,β-unsaturated/α-hetero) is 1. The first-order chi connectivity index (χ1) is 7.96. The summed E-state index contributed by atoms with van der Waals surface area (Å²) in [5.41, 5.74) is 3.93. The Labute approximate surface area is 103 Å². The molecule has 0 N–H and O–H groups in total. The minimum absolute atomic E-state index is 0.127. The van der Waals surface area contributed by atoms with E-state index in [0.717, 1.165) is 0 Å². The normalized spacial score (nSPS) is 18.8. The lowest BCUT2D eigenvalue weighted by Gasteiger charge is -2.21. The summed E-state index contributed by atoms with van der Waals surface area (Å²) in [4.78, 5) is 11.9. The maximum absolute atomic E-state index is 11.9. The van der Waals surface area contributed by atoms with Crippen LogP contribution in [-0.2, 0) is 0 Å². The number of hydrogen-bond donors (Lipinski definition) is 0. The van der Waals surface area contributed by atoms with Gasteiger partial charge >= 0.3 is 0 Å². The molecule has 0 aliphatic carbocycles. The first-order valence-electron chi connectivity index (χ1n) is 5.77. The molecule has 0 aromatic heterocycles. The smallest absolute Gasteiger partial charge is 0.171 e. The largest absolute Gasteiger partial charge is 0.477 e. The third-order valence-corrected chi connectivity index (χ3v) is 3.33. The van der Waals surface area contributed by atoms with Crippen molar-refractivity contribution in [2.24, 2.45) is 0 Å². The van der Waals surface area contributed by atoms with Gasteiger partial charge in [-0.05, 0) is 12.1 Å². The topological polar surface area (TPSA) is 26.3 Å². The third kappa shape index (κ3) is 2.98. The van der Waals surface area contributed by atoms with Gasteiger partial charge in [-0.2, -0.15) is 0 Å². The number of ketones is 1. The molecule has 0 bridgehead atoms. The summed E-state index contributed by atoms with van der Waals surface area (Å²) in [6, 6.07) is 7.37. The summed E-state index contributed by atoms with van der Waals surface area (Å²) in [6.45, 7) is 6.54. The summed E-state index contributed by atoms with van der Waals surface area (Å²) < 4.78 is 5.73. The monoisotopic (exact) mass is 244 g/mol. The second-order valence-corrected chi connectivity index (χ2v) is 10.00. The predicted octanol–water partition coefficient (Wildman–Crippen LogP) is 2.90. The zero-order chi connectivity index (χ0) is 12.5. The lowest BCUT2D eigenvalue weighted by molar-refractivity contribution is 0.0900. The van der Waals surface area contributed by atoms with E-state index >= 15 is 0 Å². The van der Waals surface area contributed by atoms with Crippen LogP contribution in [0.15, 0.2) is 24.3 Å². The van der Waals surface area contributed by atoms with Crippen molar-refractivity contribution < 1.29 is 9.53 Å². The van der Waals surface area contributed by atoms with Crippen molar-refractivity contribution in [1.29, 1.82) is 0 Å². The van der Waals surface area contributed by atoms with Crippen LogP contribution in [-0.4, -0.2) is 20.0 Å². The predicted molar refractivity (Wildman–Crippen MR) is 70.9 cm³/mol. The molecule has 2 nitrogen and oxygen atoms in total. The summed E-state index contributed by atoms with van der Waals surface area (Å²) in [5.74, 6) is 3.89. The average molecular weight is 244 g/mol. The van der Waals surface area contributed by atoms with E-state index in [0.29, 0.717) is 17.7 Å². The number of ether oxygens (including phenoxy) is 1. The van der Waals surface area contributed by atoms with Crippen LogP contribution < -0.4 is 4.74 Å². The molecular weight excluding hydrogens is 228 g/mol. The Bertz CT molecular complexity index is 503. The van der Waals surface area contributed by atoms with Crippen LogP contribution in [0.2, 0.25) is 19.6 Å². The fraction of sp³-hybridized carbons (Fsp3) is 0.357. The molecule has 0 saturated heterocycles. The van der Waals surface area contributed by atoms with E-state index < -0.39 is 8.07 Å². The number of fused-ring (bicyclic) bond motifs is 1. The van der Waals surface area contributed by atoms with E-state index in [1.54, 1.807) is 6.07 Å². The maximum atomic E-state index is 11.9. The number of rotatable bonds is 0.